The quantitative estimate of drug-likeness (QED) is 0.495. The van der Waals surface area contributed by atoms with Crippen LogP contribution >= 0.6 is 0 Å². The molecule has 3 nitrogen and oxygen atoms in total. The normalized spacial score (nSPS) is 15.8. The summed E-state index contributed by atoms with van der Waals surface area (Å²) in [5.74, 6) is 0.515. The van der Waals surface area contributed by atoms with Gasteiger partial charge >= 0.3 is 0 Å². The first-order valence-electron chi connectivity index (χ1n) is 9.54. The van der Waals surface area contributed by atoms with Crippen molar-refractivity contribution in [3.8, 4) is 0 Å². The second-order valence-electron chi connectivity index (χ2n) is 7.02. The van der Waals surface area contributed by atoms with E-state index in [1.165, 1.54) is 11.6 Å². The molecule has 1 unspecified atom stereocenters. The average molecular weight is 369 g/mol. The number of allylic oxidation sites excluding steroid dienone is 1. The SMILES string of the molecule is CCc1ccc(C2=CC(c3ccccc3F)n3c(nc4ccccc43)N2)cc1. The molecule has 0 fully saturated rings. The van der Waals surface area contributed by atoms with Crippen molar-refractivity contribution in [1.82, 2.24) is 9.55 Å². The summed E-state index contributed by atoms with van der Waals surface area (Å²) in [6, 6.07) is 23.1. The zero-order valence-electron chi connectivity index (χ0n) is 15.6. The van der Waals surface area contributed by atoms with Crippen LogP contribution in [-0.4, -0.2) is 9.55 Å². The Hall–Kier alpha value is -3.40. The van der Waals surface area contributed by atoms with Crippen LogP contribution in [0.5, 0.6) is 0 Å². The summed E-state index contributed by atoms with van der Waals surface area (Å²) in [6.07, 6.45) is 3.08. The van der Waals surface area contributed by atoms with E-state index in [1.807, 2.05) is 36.4 Å². The van der Waals surface area contributed by atoms with E-state index in [0.717, 1.165) is 34.7 Å². The van der Waals surface area contributed by atoms with Crippen molar-refractivity contribution in [3.63, 3.8) is 0 Å². The van der Waals surface area contributed by atoms with E-state index in [4.69, 9.17) is 4.98 Å². The number of aryl methyl sites for hydroxylation is 1. The van der Waals surface area contributed by atoms with E-state index in [0.29, 0.717) is 5.56 Å². The topological polar surface area (TPSA) is 29.9 Å². The van der Waals surface area contributed by atoms with Gasteiger partial charge in [-0.3, -0.25) is 4.57 Å². The zero-order valence-corrected chi connectivity index (χ0v) is 15.6. The van der Waals surface area contributed by atoms with Crippen LogP contribution < -0.4 is 5.32 Å². The lowest BCUT2D eigenvalue weighted by molar-refractivity contribution is 0.583. The van der Waals surface area contributed by atoms with Gasteiger partial charge in [-0.2, -0.15) is 0 Å². The summed E-state index contributed by atoms with van der Waals surface area (Å²) in [4.78, 5) is 4.76. The lowest BCUT2D eigenvalue weighted by Gasteiger charge is -2.27. The number of hydrogen-bond acceptors (Lipinski definition) is 2. The maximum absolute atomic E-state index is 14.7. The highest BCUT2D eigenvalue weighted by molar-refractivity contribution is 5.85. The molecule has 28 heavy (non-hydrogen) atoms. The van der Waals surface area contributed by atoms with Crippen molar-refractivity contribution in [2.75, 3.05) is 5.32 Å². The fourth-order valence-electron chi connectivity index (χ4n) is 3.84. The van der Waals surface area contributed by atoms with Crippen molar-refractivity contribution in [3.05, 3.63) is 101 Å². The molecule has 2 heterocycles. The minimum Gasteiger partial charge on any atom is -0.325 e. The number of rotatable bonds is 3. The molecule has 0 bridgehead atoms. The Balaban J connectivity index is 1.70. The molecule has 0 aliphatic carbocycles. The summed E-state index contributed by atoms with van der Waals surface area (Å²) in [5, 5.41) is 3.45. The number of fused-ring (bicyclic) bond motifs is 3. The van der Waals surface area contributed by atoms with E-state index in [-0.39, 0.29) is 11.9 Å². The maximum atomic E-state index is 14.7. The largest absolute Gasteiger partial charge is 0.325 e. The minimum absolute atomic E-state index is 0.213. The van der Waals surface area contributed by atoms with Gasteiger partial charge in [-0.05, 0) is 41.8 Å². The number of para-hydroxylation sites is 2. The number of imidazole rings is 1. The first-order valence-corrected chi connectivity index (χ1v) is 9.54. The summed E-state index contributed by atoms with van der Waals surface area (Å²) in [5.41, 5.74) is 5.81. The molecule has 4 aromatic rings. The number of benzene rings is 3. The number of aromatic nitrogens is 2. The van der Waals surface area contributed by atoms with E-state index in [2.05, 4.69) is 47.1 Å². The third-order valence-corrected chi connectivity index (χ3v) is 5.34. The molecule has 3 aromatic carbocycles. The number of nitrogens with one attached hydrogen (secondary N) is 1. The van der Waals surface area contributed by atoms with Crippen LogP contribution in [0, 0.1) is 5.82 Å². The van der Waals surface area contributed by atoms with Gasteiger partial charge in [0, 0.05) is 11.3 Å². The van der Waals surface area contributed by atoms with Crippen LogP contribution in [0.4, 0.5) is 10.3 Å². The van der Waals surface area contributed by atoms with Gasteiger partial charge in [-0.25, -0.2) is 9.37 Å². The third kappa shape index (κ3) is 2.69. The second-order valence-corrected chi connectivity index (χ2v) is 7.02. The molecule has 5 rings (SSSR count). The number of hydrogen-bond donors (Lipinski definition) is 1. The number of anilines is 1. The lowest BCUT2D eigenvalue weighted by atomic mass is 10.00. The number of halogens is 1. The highest BCUT2D eigenvalue weighted by Crippen LogP contribution is 2.37. The predicted molar refractivity (Wildman–Crippen MR) is 112 cm³/mol. The third-order valence-electron chi connectivity index (χ3n) is 5.34. The average Bonchev–Trinajstić information content (AvgIpc) is 3.12. The molecule has 1 N–H and O–H groups in total. The molecule has 0 radical (unpaired) electrons. The molecular formula is C24H20FN3. The van der Waals surface area contributed by atoms with Crippen molar-refractivity contribution >= 4 is 22.7 Å². The van der Waals surface area contributed by atoms with Crippen LogP contribution in [0.25, 0.3) is 16.7 Å². The standard InChI is InChI=1S/C24H20FN3/c1-2-16-11-13-17(14-12-16)21-15-23(18-7-3-4-8-19(18)25)28-22-10-6-5-9-20(22)26-24(28)27-21/h3-15,23H,2H2,1H3,(H,26,27). The Labute approximate surface area is 163 Å². The molecule has 1 aromatic heterocycles. The molecule has 0 saturated heterocycles. The minimum atomic E-state index is -0.272. The van der Waals surface area contributed by atoms with E-state index in [9.17, 15) is 4.39 Å². The molecule has 138 valence electrons. The zero-order chi connectivity index (χ0) is 19.1. The fraction of sp³-hybridized carbons (Fsp3) is 0.125. The molecular weight excluding hydrogens is 349 g/mol. The van der Waals surface area contributed by atoms with Crippen LogP contribution in [0.2, 0.25) is 0 Å². The molecule has 1 atom stereocenters. The van der Waals surface area contributed by atoms with Gasteiger partial charge in [-0.1, -0.05) is 61.5 Å². The predicted octanol–water partition coefficient (Wildman–Crippen LogP) is 5.79. The van der Waals surface area contributed by atoms with E-state index in [1.54, 1.807) is 6.07 Å². The van der Waals surface area contributed by atoms with Crippen LogP contribution in [0.15, 0.2) is 78.9 Å². The highest BCUT2D eigenvalue weighted by atomic mass is 19.1. The Morgan fingerprint density at radius 3 is 2.50 bits per heavy atom. The molecule has 0 amide bonds. The van der Waals surface area contributed by atoms with Gasteiger partial charge in [-0.15, -0.1) is 0 Å². The van der Waals surface area contributed by atoms with Gasteiger partial charge < -0.3 is 5.32 Å². The highest BCUT2D eigenvalue weighted by Gasteiger charge is 2.26. The van der Waals surface area contributed by atoms with Crippen molar-refractivity contribution < 1.29 is 4.39 Å². The van der Waals surface area contributed by atoms with Gasteiger partial charge in [0.05, 0.1) is 17.1 Å². The Bertz CT molecular complexity index is 1190. The van der Waals surface area contributed by atoms with Gasteiger partial charge in [0.15, 0.2) is 0 Å². The lowest BCUT2D eigenvalue weighted by Crippen LogP contribution is -2.20. The Kier molecular flexibility index (Phi) is 3.97. The second kappa shape index (κ2) is 6.64. The first-order chi connectivity index (χ1) is 13.7. The summed E-state index contributed by atoms with van der Waals surface area (Å²) in [7, 11) is 0. The maximum Gasteiger partial charge on any atom is 0.209 e. The van der Waals surface area contributed by atoms with Crippen molar-refractivity contribution in [1.29, 1.82) is 0 Å². The molecule has 0 spiro atoms. The molecule has 0 saturated carbocycles. The number of nitrogens with zero attached hydrogens (tertiary/aromatic N) is 2. The van der Waals surface area contributed by atoms with E-state index < -0.39 is 0 Å². The van der Waals surface area contributed by atoms with Gasteiger partial charge in [0.1, 0.15) is 5.82 Å². The smallest absolute Gasteiger partial charge is 0.209 e. The Morgan fingerprint density at radius 2 is 1.71 bits per heavy atom. The van der Waals surface area contributed by atoms with Gasteiger partial charge in [0.2, 0.25) is 5.95 Å². The molecule has 1 aliphatic rings. The van der Waals surface area contributed by atoms with Crippen molar-refractivity contribution in [2.24, 2.45) is 0 Å². The summed E-state index contributed by atoms with van der Waals surface area (Å²) >= 11 is 0. The van der Waals surface area contributed by atoms with Crippen LogP contribution in [0.3, 0.4) is 0 Å². The summed E-state index contributed by atoms with van der Waals surface area (Å²) in [6.45, 7) is 2.14. The first kappa shape index (κ1) is 16.8. The summed E-state index contributed by atoms with van der Waals surface area (Å²) < 4.78 is 16.8. The van der Waals surface area contributed by atoms with Crippen LogP contribution in [0.1, 0.15) is 29.7 Å². The Morgan fingerprint density at radius 1 is 0.964 bits per heavy atom. The van der Waals surface area contributed by atoms with Crippen molar-refractivity contribution in [2.45, 2.75) is 19.4 Å². The molecule has 4 heteroatoms. The monoisotopic (exact) mass is 369 g/mol. The van der Waals surface area contributed by atoms with Crippen LogP contribution in [-0.2, 0) is 6.42 Å². The van der Waals surface area contributed by atoms with Gasteiger partial charge in [0.25, 0.3) is 0 Å². The fourth-order valence-corrected chi connectivity index (χ4v) is 3.84. The van der Waals surface area contributed by atoms with E-state index >= 15 is 0 Å². The molecule has 1 aliphatic heterocycles.